The van der Waals surface area contributed by atoms with Crippen LogP contribution in [0.2, 0.25) is 0 Å². The second kappa shape index (κ2) is 16.4. The van der Waals surface area contributed by atoms with Crippen LogP contribution in [0.3, 0.4) is 0 Å². The number of hydrogen-bond donors (Lipinski definition) is 0. The fourth-order valence-corrected chi connectivity index (χ4v) is 6.28. The number of benzene rings is 4. The summed E-state index contributed by atoms with van der Waals surface area (Å²) >= 11 is 0. The first-order chi connectivity index (χ1) is 24.7. The lowest BCUT2D eigenvalue weighted by Gasteiger charge is -2.39. The number of carbonyl (C=O) groups excluding carboxylic acids is 2. The number of rotatable bonds is 11. The third-order valence-electron chi connectivity index (χ3n) is 9.13. The fourth-order valence-electron chi connectivity index (χ4n) is 6.28. The highest BCUT2D eigenvalue weighted by molar-refractivity contribution is 5.95. The van der Waals surface area contributed by atoms with E-state index in [2.05, 4.69) is 22.0 Å². The second-order valence-corrected chi connectivity index (χ2v) is 12.6. The van der Waals surface area contributed by atoms with Gasteiger partial charge in [0.05, 0.1) is 5.56 Å². The van der Waals surface area contributed by atoms with E-state index >= 15 is 0 Å². The Morgan fingerprint density at radius 3 is 1.90 bits per heavy atom. The van der Waals surface area contributed by atoms with E-state index in [1.807, 2.05) is 89.8 Å². The normalized spacial score (nSPS) is 14.4. The maximum atomic E-state index is 14.5. The summed E-state index contributed by atoms with van der Waals surface area (Å²) in [4.78, 5) is 38.6. The zero-order valence-electron chi connectivity index (χ0n) is 28.1. The van der Waals surface area contributed by atoms with Crippen molar-refractivity contribution in [1.82, 2.24) is 19.7 Å². The Labute approximate surface area is 296 Å². The van der Waals surface area contributed by atoms with Gasteiger partial charge in [-0.2, -0.15) is 13.2 Å². The first kappa shape index (κ1) is 35.3. The van der Waals surface area contributed by atoms with E-state index in [0.717, 1.165) is 40.9 Å². The van der Waals surface area contributed by atoms with Crippen molar-refractivity contribution in [2.24, 2.45) is 0 Å². The van der Waals surface area contributed by atoms with Gasteiger partial charge >= 0.3 is 6.18 Å². The Hall–Kier alpha value is -5.54. The maximum absolute atomic E-state index is 14.5. The van der Waals surface area contributed by atoms with Gasteiger partial charge in [0.1, 0.15) is 6.04 Å². The Balaban J connectivity index is 1.28. The van der Waals surface area contributed by atoms with Gasteiger partial charge in [-0.05, 0) is 63.7 Å². The lowest BCUT2D eigenvalue weighted by molar-refractivity contribution is -0.145. The molecule has 6 nitrogen and oxygen atoms in total. The number of hydrogen-bond acceptors (Lipinski definition) is 4. The van der Waals surface area contributed by atoms with Gasteiger partial charge in [-0.1, -0.05) is 97.1 Å². The molecule has 0 aliphatic carbocycles. The van der Waals surface area contributed by atoms with Crippen LogP contribution in [0.15, 0.2) is 140 Å². The number of halogens is 3. The average Bonchev–Trinajstić information content (AvgIpc) is 3.16. The Morgan fingerprint density at radius 1 is 0.706 bits per heavy atom. The van der Waals surface area contributed by atoms with E-state index in [1.165, 1.54) is 29.8 Å². The maximum Gasteiger partial charge on any atom is 0.416 e. The van der Waals surface area contributed by atoms with E-state index in [0.29, 0.717) is 38.2 Å². The number of pyridine rings is 1. The summed E-state index contributed by atoms with van der Waals surface area (Å²) in [6.07, 6.45) is 2.14. The van der Waals surface area contributed by atoms with Crippen molar-refractivity contribution >= 4 is 17.9 Å². The van der Waals surface area contributed by atoms with Crippen LogP contribution < -0.4 is 0 Å². The predicted octanol–water partition coefficient (Wildman–Crippen LogP) is 7.77. The summed E-state index contributed by atoms with van der Waals surface area (Å²) in [5.74, 6) is -0.548. The first-order valence-corrected chi connectivity index (χ1v) is 17.0. The Kier molecular flexibility index (Phi) is 11.4. The molecule has 51 heavy (non-hydrogen) atoms. The van der Waals surface area contributed by atoms with Crippen LogP contribution in [0.4, 0.5) is 13.2 Å². The van der Waals surface area contributed by atoms with E-state index in [4.69, 9.17) is 0 Å². The summed E-state index contributed by atoms with van der Waals surface area (Å²) < 4.78 is 39.5. The molecule has 1 aromatic heterocycles. The zero-order valence-corrected chi connectivity index (χ0v) is 28.1. The van der Waals surface area contributed by atoms with Gasteiger partial charge in [0.2, 0.25) is 11.8 Å². The minimum Gasteiger partial charge on any atom is -0.338 e. The molecule has 0 N–H and O–H groups in total. The highest BCUT2D eigenvalue weighted by atomic mass is 19.4. The summed E-state index contributed by atoms with van der Waals surface area (Å²) in [6, 6.07) is 35.4. The topological polar surface area (TPSA) is 56.8 Å². The number of piperazine rings is 1. The largest absolute Gasteiger partial charge is 0.416 e. The molecule has 0 saturated carbocycles. The smallest absolute Gasteiger partial charge is 0.338 e. The molecule has 9 heteroatoms. The first-order valence-electron chi connectivity index (χ1n) is 17.0. The standard InChI is InChI=1S/C42H39F3N4O2/c43-42(44,45)38-18-13-32(14-19-38)15-20-40(50)49(31-35-11-16-36(17-12-35)37-21-23-46-24-22-37)39(29-33-7-3-1-4-8-33)41(51)48-27-25-47(26-28-48)30-34-9-5-2-6-10-34/h1-24,39H,25-31H2/t39-/m0/s1. The summed E-state index contributed by atoms with van der Waals surface area (Å²) in [5, 5.41) is 0. The highest BCUT2D eigenvalue weighted by Gasteiger charge is 2.34. The van der Waals surface area contributed by atoms with Crippen molar-refractivity contribution < 1.29 is 22.8 Å². The number of carbonyl (C=O) groups is 2. The Morgan fingerprint density at radius 2 is 1.29 bits per heavy atom. The molecule has 0 unspecified atom stereocenters. The number of nitrogens with zero attached hydrogens (tertiary/aromatic N) is 4. The van der Waals surface area contributed by atoms with E-state index in [-0.39, 0.29) is 12.5 Å². The quantitative estimate of drug-likeness (QED) is 0.133. The minimum atomic E-state index is -4.46. The molecule has 1 atom stereocenters. The van der Waals surface area contributed by atoms with Gasteiger partial charge in [0.15, 0.2) is 0 Å². The number of aromatic nitrogens is 1. The molecule has 0 bridgehead atoms. The molecule has 1 saturated heterocycles. The van der Waals surface area contributed by atoms with Crippen molar-refractivity contribution in [2.75, 3.05) is 26.2 Å². The van der Waals surface area contributed by atoms with Gasteiger partial charge < -0.3 is 9.80 Å². The molecule has 6 rings (SSSR count). The van der Waals surface area contributed by atoms with Gasteiger partial charge in [0, 0.05) is 64.2 Å². The second-order valence-electron chi connectivity index (χ2n) is 12.6. The molecule has 2 heterocycles. The molecule has 5 aromatic rings. The molecular weight excluding hydrogens is 649 g/mol. The van der Waals surface area contributed by atoms with E-state index < -0.39 is 23.7 Å². The molecule has 260 valence electrons. The minimum absolute atomic E-state index is 0.136. The molecule has 1 aliphatic heterocycles. The van der Waals surface area contributed by atoms with Crippen molar-refractivity contribution in [2.45, 2.75) is 31.7 Å². The van der Waals surface area contributed by atoms with Crippen LogP contribution in [-0.2, 0) is 35.3 Å². The van der Waals surface area contributed by atoms with E-state index in [1.54, 1.807) is 17.3 Å². The fraction of sp³-hybridized carbons (Fsp3) is 0.214. The number of amides is 2. The Bertz CT molecular complexity index is 1890. The van der Waals surface area contributed by atoms with Crippen molar-refractivity contribution in [3.63, 3.8) is 0 Å². The molecule has 1 aliphatic rings. The molecule has 0 radical (unpaired) electrons. The molecule has 2 amide bonds. The van der Waals surface area contributed by atoms with Crippen LogP contribution in [0.5, 0.6) is 0 Å². The van der Waals surface area contributed by atoms with Crippen molar-refractivity contribution in [3.05, 3.63) is 168 Å². The van der Waals surface area contributed by atoms with Gasteiger partial charge in [0.25, 0.3) is 0 Å². The van der Waals surface area contributed by atoms with Crippen LogP contribution in [0.25, 0.3) is 17.2 Å². The summed E-state index contributed by atoms with van der Waals surface area (Å²) in [7, 11) is 0. The predicted molar refractivity (Wildman–Crippen MR) is 193 cm³/mol. The molecular formula is C42H39F3N4O2. The SMILES string of the molecule is O=C([C@H](Cc1ccccc1)N(Cc1ccc(-c2ccncc2)cc1)C(=O)C=Cc1ccc(C(F)(F)F)cc1)N1CCN(Cc2ccccc2)CC1. The number of alkyl halides is 3. The molecule has 1 fully saturated rings. The summed E-state index contributed by atoms with van der Waals surface area (Å²) in [6.45, 7) is 3.42. The van der Waals surface area contributed by atoms with Gasteiger partial charge in [-0.15, -0.1) is 0 Å². The lowest BCUT2D eigenvalue weighted by Crippen LogP contribution is -2.56. The van der Waals surface area contributed by atoms with Crippen molar-refractivity contribution in [1.29, 1.82) is 0 Å². The monoisotopic (exact) mass is 688 g/mol. The average molecular weight is 689 g/mol. The van der Waals surface area contributed by atoms with Crippen LogP contribution in [0.1, 0.15) is 27.8 Å². The third-order valence-corrected chi connectivity index (χ3v) is 9.13. The molecule has 4 aromatic carbocycles. The van der Waals surface area contributed by atoms with Crippen LogP contribution >= 0.6 is 0 Å². The van der Waals surface area contributed by atoms with Crippen LogP contribution in [0, 0.1) is 0 Å². The van der Waals surface area contributed by atoms with Crippen molar-refractivity contribution in [3.8, 4) is 11.1 Å². The zero-order chi connectivity index (χ0) is 35.6. The lowest BCUT2D eigenvalue weighted by atomic mass is 10.0. The molecule has 0 spiro atoms. The van der Waals surface area contributed by atoms with Crippen LogP contribution in [-0.4, -0.2) is 63.7 Å². The van der Waals surface area contributed by atoms with Gasteiger partial charge in [-0.3, -0.25) is 19.5 Å². The van der Waals surface area contributed by atoms with E-state index in [9.17, 15) is 22.8 Å². The third kappa shape index (κ3) is 9.58. The summed E-state index contributed by atoms with van der Waals surface area (Å²) in [5.41, 5.74) is 4.64. The highest BCUT2D eigenvalue weighted by Crippen LogP contribution is 2.29. The van der Waals surface area contributed by atoms with Gasteiger partial charge in [-0.25, -0.2) is 0 Å².